The summed E-state index contributed by atoms with van der Waals surface area (Å²) in [4.78, 5) is 17.3. The van der Waals surface area contributed by atoms with Gasteiger partial charge in [0.25, 0.3) is 0 Å². The number of hydrogen-bond donors (Lipinski definition) is 0. The predicted octanol–water partition coefficient (Wildman–Crippen LogP) is -0.0234. The standard InChI is InChI=1S/C11H11N3O5S/c15-11-13-6-9(8-2-1-3-12-5-8)4-10(7-13)14(11)19-20(16,17)18/h1-5,10H,6-7H2,(H,16,17,18)/p-1. The lowest BCUT2D eigenvalue weighted by Crippen LogP contribution is -2.35. The molecule has 3 rings (SSSR count). The SMILES string of the molecule is O=C1N2CC(c3cccnc3)=CC(C2)N1OS(=O)(=O)[O-]. The molecular formula is C11H10N3O5S-. The number of pyridine rings is 1. The van der Waals surface area contributed by atoms with Gasteiger partial charge in [-0.05, 0) is 17.2 Å². The number of fused-ring (bicyclic) bond motifs is 2. The maximum atomic E-state index is 11.9. The topological polar surface area (TPSA) is 103 Å². The van der Waals surface area contributed by atoms with Crippen LogP contribution in [0.3, 0.4) is 0 Å². The monoisotopic (exact) mass is 296 g/mol. The molecule has 106 valence electrons. The Morgan fingerprint density at radius 2 is 2.25 bits per heavy atom. The van der Waals surface area contributed by atoms with Crippen LogP contribution in [-0.2, 0) is 14.7 Å². The highest BCUT2D eigenvalue weighted by Crippen LogP contribution is 2.29. The fourth-order valence-electron chi connectivity index (χ4n) is 2.33. The molecule has 0 N–H and O–H groups in total. The van der Waals surface area contributed by atoms with E-state index in [1.165, 1.54) is 4.90 Å². The third kappa shape index (κ3) is 2.38. The zero-order valence-corrected chi connectivity index (χ0v) is 11.0. The van der Waals surface area contributed by atoms with E-state index in [9.17, 15) is 17.8 Å². The van der Waals surface area contributed by atoms with Crippen LogP contribution in [0.1, 0.15) is 5.56 Å². The van der Waals surface area contributed by atoms with Crippen molar-refractivity contribution in [3.63, 3.8) is 0 Å². The average Bonchev–Trinajstić information content (AvgIpc) is 2.62. The van der Waals surface area contributed by atoms with Gasteiger partial charge in [0.15, 0.2) is 0 Å². The summed E-state index contributed by atoms with van der Waals surface area (Å²) in [6, 6.07) is 2.37. The fourth-order valence-corrected chi connectivity index (χ4v) is 2.70. The first-order valence-electron chi connectivity index (χ1n) is 5.79. The molecule has 2 bridgehead atoms. The Kier molecular flexibility index (Phi) is 2.96. The predicted molar refractivity (Wildman–Crippen MR) is 65.6 cm³/mol. The van der Waals surface area contributed by atoms with Crippen LogP contribution in [0.25, 0.3) is 5.57 Å². The molecule has 0 radical (unpaired) electrons. The number of nitrogens with zero attached hydrogens (tertiary/aromatic N) is 3. The van der Waals surface area contributed by atoms with Crippen LogP contribution in [0, 0.1) is 0 Å². The summed E-state index contributed by atoms with van der Waals surface area (Å²) in [6.45, 7) is 0.609. The molecule has 0 aromatic carbocycles. The first-order chi connectivity index (χ1) is 9.44. The first kappa shape index (κ1) is 13.0. The number of carbonyl (C=O) groups is 1. The largest absolute Gasteiger partial charge is 0.724 e. The second-order valence-electron chi connectivity index (χ2n) is 4.47. The van der Waals surface area contributed by atoms with E-state index in [1.807, 2.05) is 6.07 Å². The molecule has 2 amide bonds. The quantitative estimate of drug-likeness (QED) is 0.573. The summed E-state index contributed by atoms with van der Waals surface area (Å²) < 4.78 is 36.2. The average molecular weight is 296 g/mol. The minimum Gasteiger partial charge on any atom is -0.724 e. The van der Waals surface area contributed by atoms with Crippen LogP contribution in [-0.4, -0.2) is 53.1 Å². The third-order valence-electron chi connectivity index (χ3n) is 3.13. The van der Waals surface area contributed by atoms with E-state index in [4.69, 9.17) is 0 Å². The lowest BCUT2D eigenvalue weighted by molar-refractivity contribution is -0.0195. The molecule has 1 fully saturated rings. The van der Waals surface area contributed by atoms with Crippen molar-refractivity contribution in [1.29, 1.82) is 0 Å². The number of rotatable bonds is 3. The van der Waals surface area contributed by atoms with Crippen molar-refractivity contribution < 1.29 is 22.0 Å². The Bertz CT molecular complexity index is 673. The van der Waals surface area contributed by atoms with E-state index in [1.54, 1.807) is 24.5 Å². The van der Waals surface area contributed by atoms with Crippen molar-refractivity contribution in [3.05, 3.63) is 36.2 Å². The number of urea groups is 1. The molecular weight excluding hydrogens is 286 g/mol. The van der Waals surface area contributed by atoms with Crippen molar-refractivity contribution >= 4 is 22.0 Å². The molecule has 1 aromatic rings. The third-order valence-corrected chi connectivity index (χ3v) is 3.47. The lowest BCUT2D eigenvalue weighted by atomic mass is 10.0. The zero-order valence-electron chi connectivity index (χ0n) is 10.2. The van der Waals surface area contributed by atoms with Gasteiger partial charge in [0.2, 0.25) is 10.4 Å². The van der Waals surface area contributed by atoms with Gasteiger partial charge in [-0.1, -0.05) is 12.1 Å². The summed E-state index contributed by atoms with van der Waals surface area (Å²) in [5.41, 5.74) is 1.67. The van der Waals surface area contributed by atoms with Gasteiger partial charge in [0.05, 0.1) is 6.04 Å². The summed E-state index contributed by atoms with van der Waals surface area (Å²) in [5, 5.41) is 0.603. The van der Waals surface area contributed by atoms with E-state index < -0.39 is 22.5 Å². The van der Waals surface area contributed by atoms with Gasteiger partial charge >= 0.3 is 6.03 Å². The first-order valence-corrected chi connectivity index (χ1v) is 7.12. The van der Waals surface area contributed by atoms with Gasteiger partial charge in [-0.25, -0.2) is 13.2 Å². The number of aromatic nitrogens is 1. The molecule has 3 heterocycles. The zero-order chi connectivity index (χ0) is 14.3. The van der Waals surface area contributed by atoms with Crippen molar-refractivity contribution in [2.45, 2.75) is 6.04 Å². The normalized spacial score (nSPS) is 22.1. The van der Waals surface area contributed by atoms with Crippen LogP contribution >= 0.6 is 0 Å². The molecule has 1 unspecified atom stereocenters. The highest BCUT2D eigenvalue weighted by Gasteiger charge is 2.42. The molecule has 1 aromatic heterocycles. The number of hydrogen-bond acceptors (Lipinski definition) is 6. The maximum absolute atomic E-state index is 11.9. The van der Waals surface area contributed by atoms with Crippen LogP contribution in [0.4, 0.5) is 4.79 Å². The number of carbonyl (C=O) groups excluding carboxylic acids is 1. The Morgan fingerprint density at radius 3 is 2.90 bits per heavy atom. The maximum Gasteiger partial charge on any atom is 0.346 e. The molecule has 1 atom stereocenters. The van der Waals surface area contributed by atoms with E-state index in [2.05, 4.69) is 9.27 Å². The molecule has 0 aliphatic carbocycles. The van der Waals surface area contributed by atoms with E-state index >= 15 is 0 Å². The smallest absolute Gasteiger partial charge is 0.346 e. The second kappa shape index (κ2) is 4.54. The Labute approximate surface area is 115 Å². The molecule has 0 saturated carbocycles. The highest BCUT2D eigenvalue weighted by molar-refractivity contribution is 7.80. The van der Waals surface area contributed by atoms with E-state index in [0.717, 1.165) is 11.1 Å². The lowest BCUT2D eigenvalue weighted by Gasteiger charge is -2.21. The summed E-state index contributed by atoms with van der Waals surface area (Å²) in [7, 11) is -4.97. The Morgan fingerprint density at radius 1 is 1.45 bits per heavy atom. The van der Waals surface area contributed by atoms with Crippen molar-refractivity contribution in [3.8, 4) is 0 Å². The second-order valence-corrected chi connectivity index (χ2v) is 5.44. The van der Waals surface area contributed by atoms with Crippen LogP contribution in [0.5, 0.6) is 0 Å². The summed E-state index contributed by atoms with van der Waals surface area (Å²) in [6.07, 6.45) is 4.99. The van der Waals surface area contributed by atoms with Gasteiger partial charge < -0.3 is 9.45 Å². The molecule has 0 spiro atoms. The molecule has 2 aliphatic rings. The van der Waals surface area contributed by atoms with Gasteiger partial charge in [0, 0.05) is 25.5 Å². The van der Waals surface area contributed by atoms with E-state index in [0.29, 0.717) is 11.6 Å². The molecule has 9 heteroatoms. The van der Waals surface area contributed by atoms with Crippen LogP contribution in [0.2, 0.25) is 0 Å². The van der Waals surface area contributed by atoms with Gasteiger partial charge in [0.1, 0.15) is 0 Å². The fraction of sp³-hybridized carbons (Fsp3) is 0.273. The number of amides is 2. The Balaban J connectivity index is 1.91. The summed E-state index contributed by atoms with van der Waals surface area (Å²) >= 11 is 0. The van der Waals surface area contributed by atoms with Crippen molar-refractivity contribution in [1.82, 2.24) is 14.9 Å². The minimum atomic E-state index is -4.97. The van der Waals surface area contributed by atoms with Crippen molar-refractivity contribution in [2.24, 2.45) is 0 Å². The Hall–Kier alpha value is -1.97. The molecule has 8 nitrogen and oxygen atoms in total. The van der Waals surface area contributed by atoms with E-state index in [-0.39, 0.29) is 6.54 Å². The number of hydroxylamine groups is 2. The minimum absolute atomic E-state index is 0.290. The van der Waals surface area contributed by atoms with Gasteiger partial charge in [-0.15, -0.1) is 0 Å². The van der Waals surface area contributed by atoms with Crippen LogP contribution in [0.15, 0.2) is 30.6 Å². The van der Waals surface area contributed by atoms with Gasteiger partial charge in [-0.3, -0.25) is 4.98 Å². The molecule has 1 saturated heterocycles. The summed E-state index contributed by atoms with van der Waals surface area (Å²) in [5.74, 6) is 0. The van der Waals surface area contributed by atoms with Gasteiger partial charge in [-0.2, -0.15) is 9.35 Å². The van der Waals surface area contributed by atoms with Crippen molar-refractivity contribution in [2.75, 3.05) is 13.1 Å². The van der Waals surface area contributed by atoms with Crippen LogP contribution < -0.4 is 0 Å². The molecule has 20 heavy (non-hydrogen) atoms. The highest BCUT2D eigenvalue weighted by atomic mass is 32.3. The molecule has 2 aliphatic heterocycles.